The third kappa shape index (κ3) is 9.39. The Morgan fingerprint density at radius 2 is 0.868 bits per heavy atom. The number of carbonyl (C=O) groups is 4. The molecule has 1 unspecified atom stereocenters. The molecule has 0 aliphatic carbocycles. The van der Waals surface area contributed by atoms with Crippen LogP contribution in [-0.2, 0) is 55.8 Å². The summed E-state index contributed by atoms with van der Waals surface area (Å²) in [6.07, 6.45) is 5.54. The molecule has 14 nitrogen and oxygen atoms in total. The Balaban J connectivity index is 0.000000162. The summed E-state index contributed by atoms with van der Waals surface area (Å²) < 4.78 is 68.9. The van der Waals surface area contributed by atoms with Crippen molar-refractivity contribution in [1.29, 1.82) is 0 Å². The van der Waals surface area contributed by atoms with Crippen LogP contribution < -0.4 is 10.6 Å². The van der Waals surface area contributed by atoms with Crippen molar-refractivity contribution in [3.63, 3.8) is 0 Å². The van der Waals surface area contributed by atoms with Gasteiger partial charge in [0, 0.05) is 64.4 Å². The summed E-state index contributed by atoms with van der Waals surface area (Å²) in [5.41, 5.74) is 4.16. The number of aromatic nitrogens is 4. The zero-order valence-electron chi connectivity index (χ0n) is 42.2. The second-order valence-electron chi connectivity index (χ2n) is 20.8. The van der Waals surface area contributed by atoms with Crippen LogP contribution in [0.5, 0.6) is 0 Å². The first-order valence-corrected chi connectivity index (χ1v) is 25.9. The number of nitrogens with zero attached hydrogens (tertiary/aromatic N) is 6. The van der Waals surface area contributed by atoms with Crippen molar-refractivity contribution >= 4 is 23.6 Å². The molecule has 0 radical (unpaired) electrons. The maximum atomic E-state index is 14.5. The molecule has 0 saturated carbocycles. The van der Waals surface area contributed by atoms with Crippen LogP contribution >= 0.6 is 0 Å². The van der Waals surface area contributed by atoms with Gasteiger partial charge in [-0.15, -0.1) is 0 Å². The van der Waals surface area contributed by atoms with E-state index in [1.807, 2.05) is 72.2 Å². The molecule has 18 heteroatoms. The first kappa shape index (κ1) is 50.7. The number of halogens is 4. The van der Waals surface area contributed by atoms with Gasteiger partial charge in [-0.1, -0.05) is 60.7 Å². The molecule has 4 aromatic carbocycles. The van der Waals surface area contributed by atoms with E-state index in [1.165, 1.54) is 12.1 Å². The van der Waals surface area contributed by atoms with E-state index in [2.05, 4.69) is 30.6 Å². The zero-order valence-corrected chi connectivity index (χ0v) is 42.2. The fourth-order valence-corrected chi connectivity index (χ4v) is 11.6. The summed E-state index contributed by atoms with van der Waals surface area (Å²) in [5.74, 6) is -3.52. The van der Waals surface area contributed by atoms with Gasteiger partial charge in [-0.05, 0) is 98.9 Å². The lowest BCUT2D eigenvalue weighted by Gasteiger charge is -2.33. The minimum Gasteiger partial charge on any atom is -0.381 e. The minimum absolute atomic E-state index is 0.0836. The molecule has 76 heavy (non-hydrogen) atoms. The lowest BCUT2D eigenvalue weighted by Crippen LogP contribution is -2.44. The molecular weight excluding hydrogens is 981 g/mol. The standard InChI is InChI=1S/2C29H28F2N4O3/c2*1-29(11-12-35(28(29)37)19-9-13-38-14-10-19)18-7-5-17(6-8-18)15-22-25-23(16-32-27(25)36)34-26(33-22)24-20(30)3-2-4-21(24)31/h2*2-8,19H,9-16H2,1H3,(H,32,36)/t29-;/m1./s1. The first-order chi connectivity index (χ1) is 36.7. The van der Waals surface area contributed by atoms with Gasteiger partial charge in [0.05, 0.1) is 68.9 Å². The molecular formula is C58H56F4N8O6. The van der Waals surface area contributed by atoms with Crippen molar-refractivity contribution in [1.82, 2.24) is 40.4 Å². The van der Waals surface area contributed by atoms with Gasteiger partial charge in [-0.25, -0.2) is 37.5 Å². The highest BCUT2D eigenvalue weighted by Crippen LogP contribution is 2.40. The fraction of sp³-hybridized carbons (Fsp3) is 0.379. The molecule has 4 fully saturated rings. The van der Waals surface area contributed by atoms with Gasteiger partial charge < -0.3 is 29.9 Å². The van der Waals surface area contributed by atoms with Gasteiger partial charge in [0.25, 0.3) is 11.8 Å². The number of nitrogens with one attached hydrogen (secondary N) is 2. The number of hydrogen-bond acceptors (Lipinski definition) is 10. The first-order valence-electron chi connectivity index (χ1n) is 25.9. The van der Waals surface area contributed by atoms with Gasteiger partial charge in [0.1, 0.15) is 23.3 Å². The van der Waals surface area contributed by atoms with Gasteiger partial charge in [0.2, 0.25) is 11.8 Å². The second-order valence-corrected chi connectivity index (χ2v) is 20.8. The Kier molecular flexibility index (Phi) is 13.7. The SMILES string of the molecule is CC1(c2ccc(Cc3nc(-c4c(F)cccc4F)nc4c3C(=O)NC4)cc2)CCN(C2CCOCC2)C1=O.C[C@]1(c2ccc(Cc3nc(-c4c(F)cccc4F)nc4c3C(=O)NC4)cc2)CCN(C2CCOCC2)C1=O. The molecule has 2 atom stereocenters. The van der Waals surface area contributed by atoms with Gasteiger partial charge in [-0.2, -0.15) is 0 Å². The number of rotatable bonds is 10. The van der Waals surface area contributed by atoms with Crippen LogP contribution in [0.3, 0.4) is 0 Å². The third-order valence-electron chi connectivity index (χ3n) is 16.1. The van der Waals surface area contributed by atoms with Crippen molar-refractivity contribution in [3.8, 4) is 22.8 Å². The Bertz CT molecular complexity index is 3020. The van der Waals surface area contributed by atoms with E-state index in [9.17, 15) is 36.7 Å². The van der Waals surface area contributed by atoms with Crippen LogP contribution in [-0.4, -0.2) is 105 Å². The number of hydrogen-bond donors (Lipinski definition) is 2. The number of carbonyl (C=O) groups excluding carboxylic acids is 4. The van der Waals surface area contributed by atoms with Crippen molar-refractivity contribution < 1.29 is 46.2 Å². The molecule has 2 aromatic heterocycles. The van der Waals surface area contributed by atoms with Crippen molar-refractivity contribution in [3.05, 3.63) is 164 Å². The van der Waals surface area contributed by atoms with Crippen LogP contribution in [0.2, 0.25) is 0 Å². The molecule has 8 heterocycles. The number of ether oxygens (including phenoxy) is 2. The lowest BCUT2D eigenvalue weighted by atomic mass is 9.80. The summed E-state index contributed by atoms with van der Waals surface area (Å²) in [7, 11) is 0. The average molecular weight is 1040 g/mol. The zero-order chi connectivity index (χ0) is 52.9. The summed E-state index contributed by atoms with van der Waals surface area (Å²) in [5, 5.41) is 5.45. The quantitative estimate of drug-likeness (QED) is 0.129. The lowest BCUT2D eigenvalue weighted by molar-refractivity contribution is -0.136. The number of benzene rings is 4. The van der Waals surface area contributed by atoms with E-state index in [1.54, 1.807) is 0 Å². The Hall–Kier alpha value is -7.44. The van der Waals surface area contributed by atoms with Crippen LogP contribution in [0.25, 0.3) is 22.8 Å². The Morgan fingerprint density at radius 3 is 1.22 bits per heavy atom. The van der Waals surface area contributed by atoms with Crippen molar-refractivity contribution in [2.45, 2.75) is 101 Å². The number of likely N-dealkylation sites (tertiary alicyclic amines) is 2. The monoisotopic (exact) mass is 1040 g/mol. The van der Waals surface area contributed by atoms with Crippen molar-refractivity contribution in [2.24, 2.45) is 0 Å². The molecule has 6 aliphatic heterocycles. The van der Waals surface area contributed by atoms with E-state index < -0.39 is 34.1 Å². The van der Waals surface area contributed by atoms with E-state index in [4.69, 9.17) is 9.47 Å². The third-order valence-corrected chi connectivity index (χ3v) is 16.1. The molecule has 4 amide bonds. The van der Waals surface area contributed by atoms with Crippen LogP contribution in [0.15, 0.2) is 84.9 Å². The van der Waals surface area contributed by atoms with E-state index >= 15 is 0 Å². The highest BCUT2D eigenvalue weighted by atomic mass is 19.1. The van der Waals surface area contributed by atoms with E-state index in [0.717, 1.165) is 98.1 Å². The smallest absolute Gasteiger partial charge is 0.255 e. The highest BCUT2D eigenvalue weighted by Gasteiger charge is 2.48. The molecule has 392 valence electrons. The molecule has 0 bridgehead atoms. The molecule has 6 aromatic rings. The van der Waals surface area contributed by atoms with Gasteiger partial charge in [-0.3, -0.25) is 19.2 Å². The van der Waals surface area contributed by atoms with Gasteiger partial charge >= 0.3 is 0 Å². The summed E-state index contributed by atoms with van der Waals surface area (Å²) in [6.45, 7) is 8.59. The predicted molar refractivity (Wildman–Crippen MR) is 271 cm³/mol. The Morgan fingerprint density at radius 1 is 0.513 bits per heavy atom. The van der Waals surface area contributed by atoms with E-state index in [-0.39, 0.29) is 84.4 Å². The maximum absolute atomic E-state index is 14.5. The van der Waals surface area contributed by atoms with Crippen LogP contribution in [0, 0.1) is 23.3 Å². The highest BCUT2D eigenvalue weighted by molar-refractivity contribution is 6.00. The number of fused-ring (bicyclic) bond motifs is 2. The summed E-state index contributed by atoms with van der Waals surface area (Å²) >= 11 is 0. The van der Waals surface area contributed by atoms with Crippen molar-refractivity contribution in [2.75, 3.05) is 39.5 Å². The summed E-state index contributed by atoms with van der Waals surface area (Å²) in [4.78, 5) is 73.5. The minimum atomic E-state index is -0.762. The van der Waals surface area contributed by atoms with Gasteiger partial charge in [0.15, 0.2) is 11.6 Å². The molecule has 0 spiro atoms. The van der Waals surface area contributed by atoms with Crippen LogP contribution in [0.1, 0.15) is 118 Å². The molecule has 4 saturated heterocycles. The molecule has 6 aliphatic rings. The summed E-state index contributed by atoms with van der Waals surface area (Å²) in [6, 6.07) is 23.2. The molecule has 2 N–H and O–H groups in total. The Labute approximate surface area is 436 Å². The average Bonchev–Trinajstić information content (AvgIpc) is 4.20. The fourth-order valence-electron chi connectivity index (χ4n) is 11.6. The molecule has 12 rings (SSSR count). The topological polar surface area (TPSA) is 169 Å². The van der Waals surface area contributed by atoms with Crippen LogP contribution in [0.4, 0.5) is 17.6 Å². The normalized spacial score (nSPS) is 21.6. The van der Waals surface area contributed by atoms with E-state index in [0.29, 0.717) is 60.3 Å². The largest absolute Gasteiger partial charge is 0.381 e. The predicted octanol–water partition coefficient (Wildman–Crippen LogP) is 7.85. The second kappa shape index (κ2) is 20.6. The number of amides is 4. The maximum Gasteiger partial charge on any atom is 0.255 e.